The second kappa shape index (κ2) is 11.5. The number of nitrogens with zero attached hydrogens (tertiary/aromatic N) is 2. The number of nitro groups is 1. The molecule has 0 bridgehead atoms. The summed E-state index contributed by atoms with van der Waals surface area (Å²) in [5.41, 5.74) is 0.845. The molecule has 0 unspecified atom stereocenters. The molecule has 2 N–H and O–H groups in total. The molecule has 2 aromatic carbocycles. The summed E-state index contributed by atoms with van der Waals surface area (Å²) in [6.07, 6.45) is 2.31. The number of hydrogen-bond acceptors (Lipinski definition) is 6. The molecule has 0 spiro atoms. The van der Waals surface area contributed by atoms with Crippen LogP contribution >= 0.6 is 0 Å². The normalized spacial score (nSPS) is 11.2. The number of hydrogen-bond donors (Lipinski definition) is 2. The molecular formula is C22H26N4O5. The van der Waals surface area contributed by atoms with Gasteiger partial charge in [-0.05, 0) is 63.0 Å². The van der Waals surface area contributed by atoms with Crippen LogP contribution in [0.2, 0.25) is 0 Å². The van der Waals surface area contributed by atoms with Gasteiger partial charge in [-0.3, -0.25) is 19.7 Å². The maximum absolute atomic E-state index is 12.7. The topological polar surface area (TPSA) is 114 Å². The Labute approximate surface area is 180 Å². The summed E-state index contributed by atoms with van der Waals surface area (Å²) in [7, 11) is 5.45. The number of nitrogens with one attached hydrogen (secondary N) is 2. The molecule has 0 atom stereocenters. The third kappa shape index (κ3) is 7.56. The summed E-state index contributed by atoms with van der Waals surface area (Å²) >= 11 is 0. The molecule has 0 radical (unpaired) electrons. The predicted molar refractivity (Wildman–Crippen MR) is 118 cm³/mol. The fraction of sp³-hybridized carbons (Fsp3) is 0.273. The van der Waals surface area contributed by atoms with Crippen molar-refractivity contribution in [3.8, 4) is 5.75 Å². The molecule has 0 aliphatic carbocycles. The molecular weight excluding hydrogens is 400 g/mol. The van der Waals surface area contributed by atoms with Gasteiger partial charge in [0.15, 0.2) is 0 Å². The number of methoxy groups -OCH3 is 1. The molecule has 9 nitrogen and oxygen atoms in total. The fourth-order valence-corrected chi connectivity index (χ4v) is 2.65. The lowest BCUT2D eigenvalue weighted by Crippen LogP contribution is -2.36. The van der Waals surface area contributed by atoms with Gasteiger partial charge in [-0.2, -0.15) is 0 Å². The second-order valence-corrected chi connectivity index (χ2v) is 7.00. The highest BCUT2D eigenvalue weighted by Gasteiger charge is 2.15. The Kier molecular flexibility index (Phi) is 8.71. The van der Waals surface area contributed by atoms with Crippen LogP contribution in [0.4, 0.5) is 5.69 Å². The lowest BCUT2D eigenvalue weighted by molar-refractivity contribution is -0.384. The highest BCUT2D eigenvalue weighted by Crippen LogP contribution is 2.15. The third-order valence-corrected chi connectivity index (χ3v) is 4.33. The van der Waals surface area contributed by atoms with E-state index in [4.69, 9.17) is 4.74 Å². The molecule has 0 saturated heterocycles. The summed E-state index contributed by atoms with van der Waals surface area (Å²) in [5.74, 6) is -0.301. The van der Waals surface area contributed by atoms with Crippen LogP contribution in [0.5, 0.6) is 5.75 Å². The van der Waals surface area contributed by atoms with Crippen molar-refractivity contribution in [2.24, 2.45) is 0 Å². The highest BCUT2D eigenvalue weighted by atomic mass is 16.6. The van der Waals surface area contributed by atoms with Gasteiger partial charge in [0.05, 0.1) is 12.0 Å². The summed E-state index contributed by atoms with van der Waals surface area (Å²) in [4.78, 5) is 37.6. The van der Waals surface area contributed by atoms with Crippen molar-refractivity contribution in [3.05, 3.63) is 75.5 Å². The van der Waals surface area contributed by atoms with E-state index in [1.54, 1.807) is 37.5 Å². The van der Waals surface area contributed by atoms with Gasteiger partial charge in [-0.15, -0.1) is 0 Å². The minimum absolute atomic E-state index is 0.0679. The molecule has 0 aliphatic rings. The summed E-state index contributed by atoms with van der Waals surface area (Å²) in [6, 6.07) is 12.2. The predicted octanol–water partition coefficient (Wildman–Crippen LogP) is 2.44. The molecule has 0 heterocycles. The zero-order valence-corrected chi connectivity index (χ0v) is 17.8. The zero-order valence-electron chi connectivity index (χ0n) is 17.8. The van der Waals surface area contributed by atoms with Gasteiger partial charge in [-0.1, -0.05) is 12.1 Å². The van der Waals surface area contributed by atoms with Crippen LogP contribution < -0.4 is 15.4 Å². The van der Waals surface area contributed by atoms with Crippen LogP contribution in [-0.4, -0.2) is 55.9 Å². The quantitative estimate of drug-likeness (QED) is 0.261. The first-order valence-electron chi connectivity index (χ1n) is 9.64. The van der Waals surface area contributed by atoms with Crippen LogP contribution in [0.25, 0.3) is 6.08 Å². The Morgan fingerprint density at radius 2 is 1.74 bits per heavy atom. The molecule has 0 fully saturated rings. The van der Waals surface area contributed by atoms with Crippen molar-refractivity contribution in [2.45, 2.75) is 6.42 Å². The van der Waals surface area contributed by atoms with E-state index in [9.17, 15) is 19.7 Å². The van der Waals surface area contributed by atoms with Gasteiger partial charge >= 0.3 is 0 Å². The molecule has 0 saturated carbocycles. The highest BCUT2D eigenvalue weighted by molar-refractivity contribution is 6.05. The number of benzene rings is 2. The van der Waals surface area contributed by atoms with Crippen molar-refractivity contribution in [2.75, 3.05) is 34.3 Å². The van der Waals surface area contributed by atoms with Crippen molar-refractivity contribution < 1.29 is 19.2 Å². The largest absolute Gasteiger partial charge is 0.497 e. The minimum Gasteiger partial charge on any atom is -0.497 e. The Morgan fingerprint density at radius 3 is 2.29 bits per heavy atom. The molecule has 9 heteroatoms. The van der Waals surface area contributed by atoms with Crippen molar-refractivity contribution >= 4 is 23.6 Å². The van der Waals surface area contributed by atoms with E-state index in [1.165, 1.54) is 24.3 Å². The average Bonchev–Trinajstić information content (AvgIpc) is 2.76. The lowest BCUT2D eigenvalue weighted by Gasteiger charge is -2.13. The second-order valence-electron chi connectivity index (χ2n) is 7.00. The zero-order chi connectivity index (χ0) is 22.8. The van der Waals surface area contributed by atoms with Gasteiger partial charge in [0, 0.05) is 24.2 Å². The van der Waals surface area contributed by atoms with Crippen LogP contribution in [0, 0.1) is 10.1 Å². The molecule has 0 aliphatic heterocycles. The Morgan fingerprint density at radius 1 is 1.10 bits per heavy atom. The standard InChI is InChI=1S/C22H26N4O5/c1-25(2)14-4-13-23-22(28)20(15-16-5-11-19(31-3)12-6-16)24-21(27)17-7-9-18(10-8-17)26(29)30/h5-12,15H,4,13-14H2,1-3H3,(H,23,28)(H,24,27)/b20-15-. The monoisotopic (exact) mass is 426 g/mol. The van der Waals surface area contributed by atoms with Crippen molar-refractivity contribution in [1.29, 1.82) is 0 Å². The maximum Gasteiger partial charge on any atom is 0.269 e. The van der Waals surface area contributed by atoms with Gasteiger partial charge in [0.1, 0.15) is 11.4 Å². The Balaban J connectivity index is 2.18. The van der Waals surface area contributed by atoms with E-state index >= 15 is 0 Å². The minimum atomic E-state index is -0.544. The van der Waals surface area contributed by atoms with E-state index in [0.29, 0.717) is 17.9 Å². The van der Waals surface area contributed by atoms with Crippen LogP contribution in [0.15, 0.2) is 54.2 Å². The first-order valence-corrected chi connectivity index (χ1v) is 9.64. The SMILES string of the molecule is COc1ccc(/C=C(\NC(=O)c2ccc([N+](=O)[O-])cc2)C(=O)NCCCN(C)C)cc1. The van der Waals surface area contributed by atoms with E-state index in [0.717, 1.165) is 13.0 Å². The smallest absolute Gasteiger partial charge is 0.269 e. The third-order valence-electron chi connectivity index (χ3n) is 4.33. The van der Waals surface area contributed by atoms with Crippen LogP contribution in [0.1, 0.15) is 22.3 Å². The number of carbonyl (C=O) groups excluding carboxylic acids is 2. The first kappa shape index (κ1) is 23.6. The number of nitro benzene ring substituents is 1. The van der Waals surface area contributed by atoms with Gasteiger partial charge < -0.3 is 20.3 Å². The van der Waals surface area contributed by atoms with E-state index in [2.05, 4.69) is 10.6 Å². The van der Waals surface area contributed by atoms with Crippen LogP contribution in [0.3, 0.4) is 0 Å². The molecule has 2 rings (SSSR count). The molecule has 31 heavy (non-hydrogen) atoms. The number of amides is 2. The van der Waals surface area contributed by atoms with E-state index in [1.807, 2.05) is 19.0 Å². The maximum atomic E-state index is 12.7. The van der Waals surface area contributed by atoms with E-state index in [-0.39, 0.29) is 16.9 Å². The number of non-ortho nitro benzene ring substituents is 1. The molecule has 164 valence electrons. The number of ether oxygens (including phenoxy) is 1. The number of carbonyl (C=O) groups is 2. The van der Waals surface area contributed by atoms with Crippen LogP contribution in [-0.2, 0) is 4.79 Å². The van der Waals surface area contributed by atoms with Gasteiger partial charge in [-0.25, -0.2) is 0 Å². The fourth-order valence-electron chi connectivity index (χ4n) is 2.65. The van der Waals surface area contributed by atoms with Crippen molar-refractivity contribution in [1.82, 2.24) is 15.5 Å². The van der Waals surface area contributed by atoms with Gasteiger partial charge in [0.25, 0.3) is 17.5 Å². The summed E-state index contributed by atoms with van der Waals surface area (Å²) in [6.45, 7) is 1.26. The Bertz CT molecular complexity index is 937. The molecule has 2 aromatic rings. The average molecular weight is 426 g/mol. The van der Waals surface area contributed by atoms with Crippen molar-refractivity contribution in [3.63, 3.8) is 0 Å². The first-order chi connectivity index (χ1) is 14.8. The van der Waals surface area contributed by atoms with E-state index < -0.39 is 16.7 Å². The number of rotatable bonds is 10. The summed E-state index contributed by atoms with van der Waals surface area (Å²) < 4.78 is 5.13. The summed E-state index contributed by atoms with van der Waals surface area (Å²) in [5, 5.41) is 16.2. The molecule has 0 aromatic heterocycles. The lowest BCUT2D eigenvalue weighted by atomic mass is 10.1. The Hall–Kier alpha value is -3.72. The molecule has 2 amide bonds. The van der Waals surface area contributed by atoms with Gasteiger partial charge in [0.2, 0.25) is 0 Å².